The van der Waals surface area contributed by atoms with Gasteiger partial charge in [0.2, 0.25) is 5.91 Å². The van der Waals surface area contributed by atoms with Crippen LogP contribution in [0.1, 0.15) is 65.5 Å². The summed E-state index contributed by atoms with van der Waals surface area (Å²) in [6, 6.07) is 13.7. The summed E-state index contributed by atoms with van der Waals surface area (Å²) in [5.74, 6) is 0.525. The molecule has 1 aromatic heterocycles. The number of carbonyl (C=O) groups is 3. The van der Waals surface area contributed by atoms with Gasteiger partial charge in [-0.2, -0.15) is 0 Å². The quantitative estimate of drug-likeness (QED) is 0.194. The first-order chi connectivity index (χ1) is 17.4. The Kier molecular flexibility index (Phi) is 9.80. The Morgan fingerprint density at radius 1 is 0.972 bits per heavy atom. The zero-order chi connectivity index (χ0) is 25.9. The molecule has 190 valence electrons. The van der Waals surface area contributed by atoms with E-state index in [1.54, 1.807) is 48.5 Å². The maximum atomic E-state index is 12.4. The molecule has 0 saturated carbocycles. The largest absolute Gasteiger partial charge is 0.489 e. The second-order valence-electron chi connectivity index (χ2n) is 8.58. The maximum Gasteiger partial charge on any atom is 0.310 e. The number of unbranched alkanes of at least 4 members (excludes halogenated alkanes) is 2. The van der Waals surface area contributed by atoms with Gasteiger partial charge in [0.1, 0.15) is 18.1 Å². The number of anilines is 1. The first kappa shape index (κ1) is 26.7. The number of hydrogen-bond donors (Lipinski definition) is 1. The van der Waals surface area contributed by atoms with Crippen molar-refractivity contribution in [1.29, 1.82) is 0 Å². The van der Waals surface area contributed by atoms with Crippen LogP contribution in [0.4, 0.5) is 5.69 Å². The van der Waals surface area contributed by atoms with Crippen molar-refractivity contribution in [3.63, 3.8) is 0 Å². The molecule has 0 aliphatic carbocycles. The number of hydrogen-bond acceptors (Lipinski definition) is 7. The lowest BCUT2D eigenvalue weighted by Crippen LogP contribution is -2.16. The number of nitrogens with zero attached hydrogens (tertiary/aromatic N) is 1. The maximum absolute atomic E-state index is 12.4. The molecule has 1 heterocycles. The van der Waals surface area contributed by atoms with E-state index in [-0.39, 0.29) is 24.7 Å². The lowest BCUT2D eigenvalue weighted by Gasteiger charge is -2.08. The highest BCUT2D eigenvalue weighted by Crippen LogP contribution is 2.18. The summed E-state index contributed by atoms with van der Waals surface area (Å²) in [7, 11) is 0. The topological polar surface area (TPSA) is 108 Å². The van der Waals surface area contributed by atoms with Crippen LogP contribution in [0.15, 0.2) is 53.1 Å². The highest BCUT2D eigenvalue weighted by atomic mass is 16.5. The zero-order valence-corrected chi connectivity index (χ0v) is 21.0. The van der Waals surface area contributed by atoms with E-state index in [1.807, 2.05) is 13.8 Å². The number of Topliss-reactive ketones (excluding diaryl/α,β-unsaturated/α-hetero) is 1. The molecule has 1 amide bonds. The zero-order valence-electron chi connectivity index (χ0n) is 21.0. The molecule has 0 saturated heterocycles. The molecule has 36 heavy (non-hydrogen) atoms. The number of amides is 1. The minimum Gasteiger partial charge on any atom is -0.489 e. The standard InChI is InChI=1S/C28H32N2O6/c1-4-5-6-7-27(32)29-23-12-10-22(11-13-23)26(31)18-35-28(33)16-21-8-14-24(15-9-21)34-17-25-19(2)30-36-20(25)3/h8-15H,4-7,16-18H2,1-3H3,(H,29,32). The molecule has 0 aliphatic heterocycles. The van der Waals surface area contributed by atoms with Crippen LogP contribution in [0.25, 0.3) is 0 Å². The van der Waals surface area contributed by atoms with Crippen LogP contribution in [0.3, 0.4) is 0 Å². The lowest BCUT2D eigenvalue weighted by atomic mass is 10.1. The summed E-state index contributed by atoms with van der Waals surface area (Å²) >= 11 is 0. The molecule has 8 heteroatoms. The van der Waals surface area contributed by atoms with Crippen molar-refractivity contribution < 1.29 is 28.4 Å². The van der Waals surface area contributed by atoms with E-state index in [4.69, 9.17) is 14.0 Å². The average molecular weight is 493 g/mol. The van der Waals surface area contributed by atoms with Gasteiger partial charge in [-0.15, -0.1) is 0 Å². The molecule has 3 aromatic rings. The fourth-order valence-corrected chi connectivity index (χ4v) is 3.51. The third-order valence-corrected chi connectivity index (χ3v) is 5.70. The van der Waals surface area contributed by atoms with Crippen molar-refractivity contribution in [1.82, 2.24) is 5.16 Å². The number of benzene rings is 2. The van der Waals surface area contributed by atoms with Gasteiger partial charge in [-0.3, -0.25) is 14.4 Å². The molecule has 3 rings (SSSR count). The van der Waals surface area contributed by atoms with Gasteiger partial charge in [-0.25, -0.2) is 0 Å². The number of nitrogens with one attached hydrogen (secondary N) is 1. The van der Waals surface area contributed by atoms with Crippen LogP contribution in [0, 0.1) is 13.8 Å². The number of rotatable bonds is 13. The Balaban J connectivity index is 1.41. The third kappa shape index (κ3) is 8.08. The van der Waals surface area contributed by atoms with E-state index in [2.05, 4.69) is 17.4 Å². The second kappa shape index (κ2) is 13.2. The van der Waals surface area contributed by atoms with Crippen LogP contribution in [-0.4, -0.2) is 29.4 Å². The summed E-state index contributed by atoms with van der Waals surface area (Å²) in [6.45, 7) is 5.78. The molecule has 0 aliphatic rings. The average Bonchev–Trinajstić information content (AvgIpc) is 3.19. The molecule has 2 aromatic carbocycles. The molecule has 1 N–H and O–H groups in total. The van der Waals surface area contributed by atoms with Gasteiger partial charge < -0.3 is 19.3 Å². The van der Waals surface area contributed by atoms with Gasteiger partial charge in [0.25, 0.3) is 0 Å². The van der Waals surface area contributed by atoms with Crippen molar-refractivity contribution in [3.05, 3.63) is 76.7 Å². The third-order valence-electron chi connectivity index (χ3n) is 5.70. The van der Waals surface area contributed by atoms with Gasteiger partial charge in [0.15, 0.2) is 12.4 Å². The summed E-state index contributed by atoms with van der Waals surface area (Å²) in [4.78, 5) is 36.5. The van der Waals surface area contributed by atoms with Crippen molar-refractivity contribution in [3.8, 4) is 5.75 Å². The van der Waals surface area contributed by atoms with Crippen molar-refractivity contribution >= 4 is 23.3 Å². The van der Waals surface area contributed by atoms with E-state index in [1.165, 1.54) is 0 Å². The van der Waals surface area contributed by atoms with Crippen LogP contribution in [-0.2, 0) is 27.4 Å². The smallest absolute Gasteiger partial charge is 0.310 e. The molecular formula is C28H32N2O6. The summed E-state index contributed by atoms with van der Waals surface area (Å²) < 4.78 is 16.1. The number of esters is 1. The van der Waals surface area contributed by atoms with E-state index in [0.717, 1.165) is 41.8 Å². The van der Waals surface area contributed by atoms with Crippen molar-refractivity contribution in [2.75, 3.05) is 11.9 Å². The van der Waals surface area contributed by atoms with Gasteiger partial charge in [0, 0.05) is 17.7 Å². The summed E-state index contributed by atoms with van der Waals surface area (Å²) in [6.07, 6.45) is 3.44. The van der Waals surface area contributed by atoms with Crippen LogP contribution < -0.4 is 10.1 Å². The first-order valence-corrected chi connectivity index (χ1v) is 12.1. The van der Waals surface area contributed by atoms with Gasteiger partial charge >= 0.3 is 5.97 Å². The number of ketones is 1. The number of aryl methyl sites for hydroxylation is 2. The minimum absolute atomic E-state index is 0.0421. The lowest BCUT2D eigenvalue weighted by molar-refractivity contribution is -0.141. The normalized spacial score (nSPS) is 10.6. The summed E-state index contributed by atoms with van der Waals surface area (Å²) in [5, 5.41) is 6.72. The van der Waals surface area contributed by atoms with Crippen LogP contribution >= 0.6 is 0 Å². The second-order valence-corrected chi connectivity index (χ2v) is 8.58. The molecule has 0 bridgehead atoms. The minimum atomic E-state index is -0.497. The highest BCUT2D eigenvalue weighted by Gasteiger charge is 2.12. The van der Waals surface area contributed by atoms with Crippen LogP contribution in [0.5, 0.6) is 5.75 Å². The number of carbonyl (C=O) groups excluding carboxylic acids is 3. The Labute approximate surface area is 211 Å². The fourth-order valence-electron chi connectivity index (χ4n) is 3.51. The molecule has 0 atom stereocenters. The highest BCUT2D eigenvalue weighted by molar-refractivity contribution is 5.99. The van der Waals surface area contributed by atoms with E-state index < -0.39 is 5.97 Å². The van der Waals surface area contributed by atoms with Crippen LogP contribution in [0.2, 0.25) is 0 Å². The van der Waals surface area contributed by atoms with E-state index in [0.29, 0.717) is 30.0 Å². The van der Waals surface area contributed by atoms with E-state index >= 15 is 0 Å². The molecule has 0 spiro atoms. The fraction of sp³-hybridized carbons (Fsp3) is 0.357. The summed E-state index contributed by atoms with van der Waals surface area (Å²) in [5.41, 5.74) is 3.49. The Hall–Kier alpha value is -3.94. The molecule has 0 unspecified atom stereocenters. The van der Waals surface area contributed by atoms with E-state index in [9.17, 15) is 14.4 Å². The van der Waals surface area contributed by atoms with Gasteiger partial charge in [-0.05, 0) is 62.2 Å². The first-order valence-electron chi connectivity index (χ1n) is 12.1. The van der Waals surface area contributed by atoms with Gasteiger partial charge in [-0.1, -0.05) is 37.1 Å². The number of aromatic nitrogens is 1. The monoisotopic (exact) mass is 492 g/mol. The molecular weight excluding hydrogens is 460 g/mol. The molecule has 8 nitrogen and oxygen atoms in total. The SMILES string of the molecule is CCCCCC(=O)Nc1ccc(C(=O)COC(=O)Cc2ccc(OCc3c(C)noc3C)cc2)cc1. The van der Waals surface area contributed by atoms with Gasteiger partial charge in [0.05, 0.1) is 17.7 Å². The Morgan fingerprint density at radius 3 is 2.33 bits per heavy atom. The van der Waals surface area contributed by atoms with Crippen molar-refractivity contribution in [2.45, 2.75) is 59.5 Å². The Morgan fingerprint density at radius 2 is 1.69 bits per heavy atom. The molecule has 0 radical (unpaired) electrons. The number of ether oxygens (including phenoxy) is 2. The Bertz CT molecular complexity index is 1150. The predicted octanol–water partition coefficient (Wildman–Crippen LogP) is 5.36. The predicted molar refractivity (Wildman–Crippen MR) is 135 cm³/mol. The van der Waals surface area contributed by atoms with Crippen molar-refractivity contribution in [2.24, 2.45) is 0 Å². The molecule has 0 fully saturated rings.